The Bertz CT molecular complexity index is 886. The van der Waals surface area contributed by atoms with E-state index in [4.69, 9.17) is 4.74 Å². The van der Waals surface area contributed by atoms with Gasteiger partial charge in [0.05, 0.1) is 9.26 Å². The van der Waals surface area contributed by atoms with Crippen LogP contribution in [-0.4, -0.2) is 17.4 Å². The Balaban J connectivity index is 1.87. The van der Waals surface area contributed by atoms with Gasteiger partial charge in [-0.25, -0.2) is 5.01 Å². The van der Waals surface area contributed by atoms with Gasteiger partial charge in [0.2, 0.25) is 0 Å². The largest absolute Gasteiger partial charge is 0.487 e. The number of amides is 2. The first-order chi connectivity index (χ1) is 12.2. The van der Waals surface area contributed by atoms with Crippen molar-refractivity contribution in [2.75, 3.05) is 5.01 Å². The quantitative estimate of drug-likeness (QED) is 0.428. The van der Waals surface area contributed by atoms with Gasteiger partial charge in [-0.3, -0.25) is 15.0 Å². The van der Waals surface area contributed by atoms with Crippen molar-refractivity contribution in [3.63, 3.8) is 0 Å². The van der Waals surface area contributed by atoms with Gasteiger partial charge in [0.25, 0.3) is 11.8 Å². The summed E-state index contributed by atoms with van der Waals surface area (Å²) < 4.78 is 6.81. The number of para-hydroxylation sites is 1. The molecule has 0 atom stereocenters. The van der Waals surface area contributed by atoms with Gasteiger partial charge in [0.15, 0.2) is 0 Å². The Morgan fingerprint density at radius 2 is 1.77 bits per heavy atom. The zero-order chi connectivity index (χ0) is 18.9. The molecule has 0 bridgehead atoms. The molecule has 1 aliphatic heterocycles. The van der Waals surface area contributed by atoms with Gasteiger partial charge in [-0.05, 0) is 79.3 Å². The van der Waals surface area contributed by atoms with E-state index in [0.717, 1.165) is 14.9 Å². The van der Waals surface area contributed by atoms with Crippen molar-refractivity contribution in [2.45, 2.75) is 26.4 Å². The van der Waals surface area contributed by atoms with Crippen LogP contribution in [0.4, 0.5) is 5.69 Å². The van der Waals surface area contributed by atoms with Gasteiger partial charge in [-0.2, -0.15) is 0 Å². The highest BCUT2D eigenvalue weighted by atomic mass is 127. The predicted octanol–water partition coefficient (Wildman–Crippen LogP) is 3.93. The molecule has 2 aromatic carbocycles. The average molecular weight is 462 g/mol. The van der Waals surface area contributed by atoms with E-state index in [0.29, 0.717) is 5.69 Å². The van der Waals surface area contributed by atoms with E-state index in [9.17, 15) is 9.59 Å². The molecular weight excluding hydrogens is 443 g/mol. The van der Waals surface area contributed by atoms with Crippen LogP contribution < -0.4 is 15.2 Å². The maximum atomic E-state index is 12.6. The minimum atomic E-state index is -0.413. The number of hydrogen-bond donors (Lipinski definition) is 1. The zero-order valence-corrected chi connectivity index (χ0v) is 16.9. The Morgan fingerprint density at radius 3 is 2.38 bits per heavy atom. The third kappa shape index (κ3) is 4.07. The van der Waals surface area contributed by atoms with Crippen molar-refractivity contribution in [3.8, 4) is 5.75 Å². The molecule has 2 amide bonds. The lowest BCUT2D eigenvalue weighted by Gasteiger charge is -2.22. The molecule has 0 saturated carbocycles. The number of benzene rings is 2. The van der Waals surface area contributed by atoms with Gasteiger partial charge in [-0.1, -0.05) is 24.3 Å². The van der Waals surface area contributed by atoms with Crippen molar-refractivity contribution in [1.82, 2.24) is 5.43 Å². The monoisotopic (exact) mass is 462 g/mol. The van der Waals surface area contributed by atoms with Crippen LogP contribution in [0.5, 0.6) is 5.75 Å². The number of hydrazine groups is 1. The summed E-state index contributed by atoms with van der Waals surface area (Å²) in [6, 6.07) is 14.6. The Hall–Kier alpha value is -2.35. The number of nitrogens with zero attached hydrogens (tertiary/aromatic N) is 1. The van der Waals surface area contributed by atoms with E-state index >= 15 is 0 Å². The SMILES string of the molecule is CC(C)(C)Oc1ccc(/C=C2/C(=O)NN(c3ccccc3)C2=O)cc1I. The Labute approximate surface area is 166 Å². The van der Waals surface area contributed by atoms with Crippen LogP contribution in [-0.2, 0) is 9.59 Å². The van der Waals surface area contributed by atoms with Crippen LogP contribution in [0.2, 0.25) is 0 Å². The summed E-state index contributed by atoms with van der Waals surface area (Å²) in [5, 5.41) is 1.26. The second-order valence-electron chi connectivity index (χ2n) is 6.88. The van der Waals surface area contributed by atoms with E-state index in [1.54, 1.807) is 18.2 Å². The summed E-state index contributed by atoms with van der Waals surface area (Å²) >= 11 is 2.19. The molecule has 1 N–H and O–H groups in total. The van der Waals surface area contributed by atoms with Crippen molar-refractivity contribution in [2.24, 2.45) is 0 Å². The molecule has 26 heavy (non-hydrogen) atoms. The fraction of sp³-hybridized carbons (Fsp3) is 0.200. The molecule has 2 aromatic rings. The summed E-state index contributed by atoms with van der Waals surface area (Å²) in [6.07, 6.45) is 1.60. The first-order valence-corrected chi connectivity index (χ1v) is 9.23. The van der Waals surface area contributed by atoms with Gasteiger partial charge >= 0.3 is 0 Å². The molecule has 0 radical (unpaired) electrons. The minimum absolute atomic E-state index is 0.106. The Morgan fingerprint density at radius 1 is 1.08 bits per heavy atom. The number of nitrogens with one attached hydrogen (secondary N) is 1. The highest BCUT2D eigenvalue weighted by molar-refractivity contribution is 14.1. The lowest BCUT2D eigenvalue weighted by Crippen LogP contribution is -2.35. The normalized spacial score (nSPS) is 16.2. The predicted molar refractivity (Wildman–Crippen MR) is 110 cm³/mol. The molecule has 1 aliphatic rings. The average Bonchev–Trinajstić information content (AvgIpc) is 2.85. The smallest absolute Gasteiger partial charge is 0.282 e. The zero-order valence-electron chi connectivity index (χ0n) is 14.7. The first kappa shape index (κ1) is 18.4. The van der Waals surface area contributed by atoms with Crippen LogP contribution in [0.1, 0.15) is 26.3 Å². The lowest BCUT2D eigenvalue weighted by molar-refractivity contribution is -0.117. The summed E-state index contributed by atoms with van der Waals surface area (Å²) in [5.74, 6) is -0.0107. The minimum Gasteiger partial charge on any atom is -0.487 e. The van der Waals surface area contributed by atoms with Gasteiger partial charge in [0.1, 0.15) is 16.9 Å². The number of carbonyl (C=O) groups is 2. The van der Waals surface area contributed by atoms with Crippen LogP contribution >= 0.6 is 22.6 Å². The number of hydrogen-bond acceptors (Lipinski definition) is 3. The van der Waals surface area contributed by atoms with Crippen LogP contribution in [0.15, 0.2) is 54.1 Å². The second-order valence-corrected chi connectivity index (χ2v) is 8.04. The molecule has 0 aromatic heterocycles. The molecule has 0 aliphatic carbocycles. The fourth-order valence-corrected chi connectivity index (χ4v) is 3.15. The molecule has 0 unspecified atom stereocenters. The number of ether oxygens (including phenoxy) is 1. The fourth-order valence-electron chi connectivity index (χ4n) is 2.50. The molecule has 1 saturated heterocycles. The third-order valence-electron chi connectivity index (χ3n) is 3.59. The number of carbonyl (C=O) groups excluding carboxylic acids is 2. The van der Waals surface area contributed by atoms with Crippen LogP contribution in [0, 0.1) is 3.57 Å². The molecule has 0 spiro atoms. The summed E-state index contributed by atoms with van der Waals surface area (Å²) in [5.41, 5.74) is 3.80. The van der Waals surface area contributed by atoms with E-state index < -0.39 is 5.91 Å². The van der Waals surface area contributed by atoms with E-state index in [2.05, 4.69) is 28.0 Å². The molecule has 5 nitrogen and oxygen atoms in total. The summed E-state index contributed by atoms with van der Waals surface area (Å²) in [7, 11) is 0. The topological polar surface area (TPSA) is 58.6 Å². The molecule has 1 heterocycles. The molecular formula is C20H19IN2O3. The molecule has 1 fully saturated rings. The van der Waals surface area contributed by atoms with Gasteiger partial charge < -0.3 is 4.74 Å². The molecule has 134 valence electrons. The summed E-state index contributed by atoms with van der Waals surface area (Å²) in [4.78, 5) is 24.9. The summed E-state index contributed by atoms with van der Waals surface area (Å²) in [6.45, 7) is 5.95. The number of halogens is 1. The standard InChI is InChI=1S/C20H19IN2O3/c1-20(2,3)26-17-10-9-13(12-16(17)21)11-15-18(24)22-23(19(15)25)14-7-5-4-6-8-14/h4-12H,1-3H3,(H,22,24)/b15-11-. The van der Waals surface area contributed by atoms with E-state index in [1.165, 1.54) is 5.01 Å². The highest BCUT2D eigenvalue weighted by Crippen LogP contribution is 2.27. The van der Waals surface area contributed by atoms with Crippen LogP contribution in [0.3, 0.4) is 0 Å². The van der Waals surface area contributed by atoms with Crippen LogP contribution in [0.25, 0.3) is 6.08 Å². The lowest BCUT2D eigenvalue weighted by atomic mass is 10.1. The highest BCUT2D eigenvalue weighted by Gasteiger charge is 2.34. The van der Waals surface area contributed by atoms with E-state index in [-0.39, 0.29) is 17.1 Å². The van der Waals surface area contributed by atoms with Crippen molar-refractivity contribution in [1.29, 1.82) is 0 Å². The Kier molecular flexibility index (Phi) is 5.04. The van der Waals surface area contributed by atoms with E-state index in [1.807, 2.05) is 57.2 Å². The maximum absolute atomic E-state index is 12.6. The van der Waals surface area contributed by atoms with Crippen molar-refractivity contribution >= 4 is 46.2 Å². The number of anilines is 1. The third-order valence-corrected chi connectivity index (χ3v) is 4.43. The number of rotatable bonds is 3. The first-order valence-electron chi connectivity index (χ1n) is 8.15. The molecule has 3 rings (SSSR count). The molecule has 6 heteroatoms. The van der Waals surface area contributed by atoms with Gasteiger partial charge in [-0.15, -0.1) is 0 Å². The maximum Gasteiger partial charge on any atom is 0.282 e. The van der Waals surface area contributed by atoms with Gasteiger partial charge in [0, 0.05) is 0 Å². The van der Waals surface area contributed by atoms with Crippen molar-refractivity contribution < 1.29 is 14.3 Å². The van der Waals surface area contributed by atoms with Crippen molar-refractivity contribution in [3.05, 3.63) is 63.2 Å². The second kappa shape index (κ2) is 7.11.